The van der Waals surface area contributed by atoms with Gasteiger partial charge in [-0.25, -0.2) is 0 Å². The van der Waals surface area contributed by atoms with Crippen LogP contribution in [0.3, 0.4) is 0 Å². The van der Waals surface area contributed by atoms with Gasteiger partial charge in [0.25, 0.3) is 0 Å². The van der Waals surface area contributed by atoms with Crippen LogP contribution in [0.25, 0.3) is 0 Å². The number of Topliss-reactive ketones (excluding diaryl/α,β-unsaturated/α-hetero) is 1. The molecule has 0 aliphatic rings. The Kier molecular flexibility index (Phi) is 11.5. The molecule has 0 unspecified atom stereocenters. The molecule has 0 aromatic heterocycles. The average molecular weight is 273 g/mol. The monoisotopic (exact) mass is 273 g/mol. The van der Waals surface area contributed by atoms with Crippen LogP contribution in [-0.2, 0) is 19.1 Å². The summed E-state index contributed by atoms with van der Waals surface area (Å²) in [5.41, 5.74) is 0. The van der Waals surface area contributed by atoms with Gasteiger partial charge in [0.05, 0.1) is 26.4 Å². The molecule has 0 radical (unpaired) electrons. The van der Waals surface area contributed by atoms with E-state index in [1.165, 1.54) is 0 Å². The Morgan fingerprint density at radius 1 is 1.00 bits per heavy atom. The zero-order valence-electron chi connectivity index (χ0n) is 12.4. The lowest BCUT2D eigenvalue weighted by Crippen LogP contribution is -2.27. The van der Waals surface area contributed by atoms with Crippen LogP contribution in [0, 0.1) is 5.92 Å². The van der Waals surface area contributed by atoms with Gasteiger partial charge < -0.3 is 14.8 Å². The van der Waals surface area contributed by atoms with E-state index in [1.54, 1.807) is 0 Å². The van der Waals surface area contributed by atoms with Gasteiger partial charge in [0.2, 0.25) is 5.91 Å². The number of hydrogen-bond donors (Lipinski definition) is 1. The first-order valence-corrected chi connectivity index (χ1v) is 7.02. The molecule has 0 saturated carbocycles. The molecule has 1 amide bonds. The van der Waals surface area contributed by atoms with Crippen molar-refractivity contribution in [3.05, 3.63) is 0 Å². The summed E-state index contributed by atoms with van der Waals surface area (Å²) in [6, 6.07) is 0. The number of ketones is 1. The van der Waals surface area contributed by atoms with Crippen molar-refractivity contribution in [1.82, 2.24) is 5.32 Å². The fourth-order valence-corrected chi connectivity index (χ4v) is 1.36. The van der Waals surface area contributed by atoms with Gasteiger partial charge in [-0.1, -0.05) is 20.8 Å². The fourth-order valence-electron chi connectivity index (χ4n) is 1.36. The van der Waals surface area contributed by atoms with Crippen LogP contribution in [0.2, 0.25) is 0 Å². The third-order valence-corrected chi connectivity index (χ3v) is 2.55. The number of nitrogens with one attached hydrogen (secondary N) is 1. The zero-order valence-corrected chi connectivity index (χ0v) is 12.4. The number of hydrogen-bond acceptors (Lipinski definition) is 4. The molecule has 0 heterocycles. The predicted molar refractivity (Wildman–Crippen MR) is 74.0 cm³/mol. The highest BCUT2D eigenvalue weighted by Gasteiger charge is 2.05. The van der Waals surface area contributed by atoms with E-state index < -0.39 is 0 Å². The zero-order chi connectivity index (χ0) is 14.5. The molecule has 0 aliphatic carbocycles. The number of amides is 1. The van der Waals surface area contributed by atoms with Crippen molar-refractivity contribution >= 4 is 11.7 Å². The lowest BCUT2D eigenvalue weighted by molar-refractivity contribution is -0.123. The molecule has 0 spiro atoms. The maximum atomic E-state index is 11.3. The number of carbonyl (C=O) groups is 2. The second kappa shape index (κ2) is 12.1. The highest BCUT2D eigenvalue weighted by molar-refractivity contribution is 5.80. The molecule has 19 heavy (non-hydrogen) atoms. The van der Waals surface area contributed by atoms with Crippen LogP contribution in [0.4, 0.5) is 0 Å². The Labute approximate surface area is 116 Å². The molecule has 112 valence electrons. The van der Waals surface area contributed by atoms with Crippen molar-refractivity contribution in [2.75, 3.05) is 33.0 Å². The minimum absolute atomic E-state index is 0.0644. The summed E-state index contributed by atoms with van der Waals surface area (Å²) < 4.78 is 10.6. The molecule has 0 aromatic rings. The SMILES string of the molecule is CCCC(=O)NCCOCCOCCC(=O)C(C)C. The van der Waals surface area contributed by atoms with E-state index in [9.17, 15) is 9.59 Å². The first-order valence-electron chi connectivity index (χ1n) is 7.02. The summed E-state index contributed by atoms with van der Waals surface area (Å²) in [5, 5.41) is 2.76. The maximum Gasteiger partial charge on any atom is 0.220 e. The van der Waals surface area contributed by atoms with Crippen molar-refractivity contribution in [3.63, 3.8) is 0 Å². The van der Waals surface area contributed by atoms with Crippen LogP contribution in [0.15, 0.2) is 0 Å². The van der Waals surface area contributed by atoms with Crippen molar-refractivity contribution in [1.29, 1.82) is 0 Å². The van der Waals surface area contributed by atoms with Crippen molar-refractivity contribution in [2.24, 2.45) is 5.92 Å². The highest BCUT2D eigenvalue weighted by Crippen LogP contribution is 1.98. The first kappa shape index (κ1) is 18.1. The van der Waals surface area contributed by atoms with Gasteiger partial charge in [-0.05, 0) is 6.42 Å². The van der Waals surface area contributed by atoms with Crippen molar-refractivity contribution in [2.45, 2.75) is 40.0 Å². The Balaban J connectivity index is 3.19. The summed E-state index contributed by atoms with van der Waals surface area (Å²) in [6.45, 7) is 8.18. The minimum atomic E-state index is 0.0644. The molecular formula is C14H27NO4. The van der Waals surface area contributed by atoms with Crippen LogP contribution >= 0.6 is 0 Å². The van der Waals surface area contributed by atoms with E-state index in [0.29, 0.717) is 45.8 Å². The van der Waals surface area contributed by atoms with E-state index >= 15 is 0 Å². The van der Waals surface area contributed by atoms with Crippen LogP contribution in [0.1, 0.15) is 40.0 Å². The highest BCUT2D eigenvalue weighted by atomic mass is 16.5. The molecule has 0 rings (SSSR count). The Hall–Kier alpha value is -0.940. The topological polar surface area (TPSA) is 64.6 Å². The second-order valence-electron chi connectivity index (χ2n) is 4.70. The molecule has 1 N–H and O–H groups in total. The van der Waals surface area contributed by atoms with E-state index in [-0.39, 0.29) is 17.6 Å². The van der Waals surface area contributed by atoms with Gasteiger partial charge in [-0.3, -0.25) is 9.59 Å². The Morgan fingerprint density at radius 2 is 1.63 bits per heavy atom. The average Bonchev–Trinajstić information content (AvgIpc) is 2.36. The van der Waals surface area contributed by atoms with Crippen LogP contribution in [0.5, 0.6) is 0 Å². The predicted octanol–water partition coefficient (Wildman–Crippen LogP) is 1.55. The number of rotatable bonds is 12. The summed E-state index contributed by atoms with van der Waals surface area (Å²) in [7, 11) is 0. The quantitative estimate of drug-likeness (QED) is 0.548. The summed E-state index contributed by atoms with van der Waals surface area (Å²) in [6.07, 6.45) is 1.88. The molecule has 0 atom stereocenters. The van der Waals surface area contributed by atoms with Crippen molar-refractivity contribution in [3.8, 4) is 0 Å². The van der Waals surface area contributed by atoms with E-state index in [1.807, 2.05) is 20.8 Å². The van der Waals surface area contributed by atoms with Gasteiger partial charge >= 0.3 is 0 Å². The number of ether oxygens (including phenoxy) is 2. The lowest BCUT2D eigenvalue weighted by Gasteiger charge is -2.07. The molecule has 0 fully saturated rings. The van der Waals surface area contributed by atoms with Gasteiger partial charge in [0, 0.05) is 25.3 Å². The smallest absolute Gasteiger partial charge is 0.220 e. The third-order valence-electron chi connectivity index (χ3n) is 2.55. The van der Waals surface area contributed by atoms with E-state index in [4.69, 9.17) is 9.47 Å². The van der Waals surface area contributed by atoms with Gasteiger partial charge in [-0.2, -0.15) is 0 Å². The number of carbonyl (C=O) groups excluding carboxylic acids is 2. The molecule has 0 saturated heterocycles. The maximum absolute atomic E-state index is 11.3. The Morgan fingerprint density at radius 3 is 2.21 bits per heavy atom. The molecule has 0 aromatic carbocycles. The largest absolute Gasteiger partial charge is 0.379 e. The normalized spacial score (nSPS) is 10.7. The molecule has 0 aliphatic heterocycles. The minimum Gasteiger partial charge on any atom is -0.379 e. The lowest BCUT2D eigenvalue weighted by atomic mass is 10.1. The third kappa shape index (κ3) is 11.9. The molecule has 5 heteroatoms. The summed E-state index contributed by atoms with van der Waals surface area (Å²) >= 11 is 0. The molecular weight excluding hydrogens is 246 g/mol. The standard InChI is InChI=1S/C14H27NO4/c1-4-5-14(17)15-7-9-19-11-10-18-8-6-13(16)12(2)3/h12H,4-11H2,1-3H3,(H,15,17). The van der Waals surface area contributed by atoms with Gasteiger partial charge in [0.15, 0.2) is 0 Å². The fraction of sp³-hybridized carbons (Fsp3) is 0.857. The van der Waals surface area contributed by atoms with Crippen LogP contribution < -0.4 is 5.32 Å². The molecule has 0 bridgehead atoms. The first-order chi connectivity index (χ1) is 9.07. The van der Waals surface area contributed by atoms with Crippen molar-refractivity contribution < 1.29 is 19.1 Å². The van der Waals surface area contributed by atoms with Gasteiger partial charge in [0.1, 0.15) is 5.78 Å². The van der Waals surface area contributed by atoms with Gasteiger partial charge in [-0.15, -0.1) is 0 Å². The van der Waals surface area contributed by atoms with Crippen LogP contribution in [-0.4, -0.2) is 44.7 Å². The van der Waals surface area contributed by atoms with E-state index in [2.05, 4.69) is 5.32 Å². The summed E-state index contributed by atoms with van der Waals surface area (Å²) in [5.74, 6) is 0.362. The van der Waals surface area contributed by atoms with E-state index in [0.717, 1.165) is 6.42 Å². The molecule has 5 nitrogen and oxygen atoms in total. The second-order valence-corrected chi connectivity index (χ2v) is 4.70. The Bertz CT molecular complexity index is 254. The summed E-state index contributed by atoms with van der Waals surface area (Å²) in [4.78, 5) is 22.4.